The van der Waals surface area contributed by atoms with Gasteiger partial charge in [0.25, 0.3) is 10.0 Å². The number of hydrogen-bond donors (Lipinski definition) is 1. The summed E-state index contributed by atoms with van der Waals surface area (Å²) < 4.78 is 26.2. The molecule has 5 nitrogen and oxygen atoms in total. The van der Waals surface area contributed by atoms with E-state index in [2.05, 4.69) is 4.98 Å². The Morgan fingerprint density at radius 2 is 2.00 bits per heavy atom. The monoisotopic (exact) mass is 291 g/mol. The molecule has 20 heavy (non-hydrogen) atoms. The van der Waals surface area contributed by atoms with Crippen molar-refractivity contribution in [1.82, 2.24) is 4.98 Å². The van der Waals surface area contributed by atoms with Gasteiger partial charge in [-0.3, -0.25) is 9.29 Å². The molecular formula is C14H17N3O2S. The molecule has 6 heteroatoms. The normalized spacial score (nSPS) is 11.3. The molecular weight excluding hydrogens is 274 g/mol. The van der Waals surface area contributed by atoms with Crippen LogP contribution in [0.25, 0.3) is 0 Å². The van der Waals surface area contributed by atoms with Gasteiger partial charge in [0.05, 0.1) is 11.4 Å². The van der Waals surface area contributed by atoms with Gasteiger partial charge in [-0.15, -0.1) is 0 Å². The Balaban J connectivity index is 2.38. The smallest absolute Gasteiger partial charge is 0.265 e. The van der Waals surface area contributed by atoms with Crippen molar-refractivity contribution in [3.05, 3.63) is 53.9 Å². The number of anilines is 1. The number of nitrogens with two attached hydrogens (primary N) is 1. The predicted molar refractivity (Wildman–Crippen MR) is 78.9 cm³/mol. The molecule has 0 aliphatic rings. The van der Waals surface area contributed by atoms with Crippen LogP contribution < -0.4 is 10.0 Å². The third-order valence-electron chi connectivity index (χ3n) is 3.03. The molecule has 2 N–H and O–H groups in total. The number of hydrogen-bond acceptors (Lipinski definition) is 4. The Bertz CT molecular complexity index is 697. The third kappa shape index (κ3) is 2.81. The van der Waals surface area contributed by atoms with E-state index in [9.17, 15) is 8.42 Å². The fourth-order valence-electron chi connectivity index (χ4n) is 1.80. The molecule has 2 aromatic rings. The third-order valence-corrected chi connectivity index (χ3v) is 4.80. The maximum Gasteiger partial charge on any atom is 0.265 e. The van der Waals surface area contributed by atoms with E-state index < -0.39 is 10.0 Å². The average Bonchev–Trinajstić information content (AvgIpc) is 2.46. The number of benzene rings is 1. The summed E-state index contributed by atoms with van der Waals surface area (Å²) in [6.07, 6.45) is 1.34. The van der Waals surface area contributed by atoms with Crippen LogP contribution in [-0.2, 0) is 16.6 Å². The van der Waals surface area contributed by atoms with E-state index in [1.54, 1.807) is 12.1 Å². The lowest BCUT2D eigenvalue weighted by Crippen LogP contribution is -2.26. The molecule has 1 heterocycles. The minimum Gasteiger partial charge on any atom is -0.325 e. The molecule has 106 valence electrons. The van der Waals surface area contributed by atoms with Crippen LogP contribution in [0.3, 0.4) is 0 Å². The van der Waals surface area contributed by atoms with Gasteiger partial charge in [-0.05, 0) is 36.8 Å². The fraction of sp³-hybridized carbons (Fsp3) is 0.214. The molecule has 0 bridgehead atoms. The molecule has 0 unspecified atom stereocenters. The second-order valence-corrected chi connectivity index (χ2v) is 6.47. The maximum atomic E-state index is 12.5. The lowest BCUT2D eigenvalue weighted by atomic mass is 10.2. The molecule has 2 rings (SSSR count). The molecule has 1 aromatic carbocycles. The van der Waals surface area contributed by atoms with Crippen LogP contribution in [0.1, 0.15) is 11.3 Å². The standard InChI is InChI=1S/C14H17N3O2S/c1-11-4-3-5-13(8-11)17(2)20(18,19)14-7-6-12(9-15)16-10-14/h3-8,10H,9,15H2,1-2H3. The Labute approximate surface area is 119 Å². The van der Waals surface area contributed by atoms with Gasteiger partial charge in [-0.2, -0.15) is 0 Å². The van der Waals surface area contributed by atoms with Gasteiger partial charge in [0.2, 0.25) is 0 Å². The summed E-state index contributed by atoms with van der Waals surface area (Å²) >= 11 is 0. The largest absolute Gasteiger partial charge is 0.325 e. The molecule has 0 amide bonds. The van der Waals surface area contributed by atoms with E-state index in [1.165, 1.54) is 23.6 Å². The van der Waals surface area contributed by atoms with Crippen LogP contribution in [0.15, 0.2) is 47.5 Å². The molecule has 0 atom stereocenters. The van der Waals surface area contributed by atoms with Crippen molar-refractivity contribution in [2.24, 2.45) is 5.73 Å². The summed E-state index contributed by atoms with van der Waals surface area (Å²) in [7, 11) is -2.08. The molecule has 0 aliphatic heterocycles. The maximum absolute atomic E-state index is 12.5. The number of aromatic nitrogens is 1. The van der Waals surface area contributed by atoms with Crippen molar-refractivity contribution >= 4 is 15.7 Å². The van der Waals surface area contributed by atoms with Crippen LogP contribution in [0.5, 0.6) is 0 Å². The lowest BCUT2D eigenvalue weighted by Gasteiger charge is -2.19. The van der Waals surface area contributed by atoms with Crippen molar-refractivity contribution in [3.8, 4) is 0 Å². The van der Waals surface area contributed by atoms with E-state index >= 15 is 0 Å². The zero-order valence-corrected chi connectivity index (χ0v) is 12.3. The number of sulfonamides is 1. The zero-order chi connectivity index (χ0) is 14.8. The molecule has 0 saturated heterocycles. The topological polar surface area (TPSA) is 76.3 Å². The van der Waals surface area contributed by atoms with E-state index in [-0.39, 0.29) is 11.4 Å². The predicted octanol–water partition coefficient (Wildman–Crippen LogP) is 1.67. The van der Waals surface area contributed by atoms with Gasteiger partial charge < -0.3 is 5.73 Å². The Kier molecular flexibility index (Phi) is 4.06. The van der Waals surface area contributed by atoms with Gasteiger partial charge >= 0.3 is 0 Å². The highest BCUT2D eigenvalue weighted by Crippen LogP contribution is 2.22. The minimum absolute atomic E-state index is 0.152. The number of rotatable bonds is 4. The van der Waals surface area contributed by atoms with Gasteiger partial charge in [-0.25, -0.2) is 8.42 Å². The van der Waals surface area contributed by atoms with Crippen molar-refractivity contribution in [1.29, 1.82) is 0 Å². The summed E-state index contributed by atoms with van der Waals surface area (Å²) in [6, 6.07) is 10.5. The fourth-order valence-corrected chi connectivity index (χ4v) is 2.94. The van der Waals surface area contributed by atoms with Crippen LogP contribution in [-0.4, -0.2) is 20.4 Å². The average molecular weight is 291 g/mol. The quantitative estimate of drug-likeness (QED) is 0.929. The Hall–Kier alpha value is -1.92. The van der Waals surface area contributed by atoms with Crippen molar-refractivity contribution in [3.63, 3.8) is 0 Å². The lowest BCUT2D eigenvalue weighted by molar-refractivity contribution is 0.594. The molecule has 0 saturated carbocycles. The summed E-state index contributed by atoms with van der Waals surface area (Å²) in [5, 5.41) is 0. The van der Waals surface area contributed by atoms with Crippen LogP contribution in [0.4, 0.5) is 5.69 Å². The van der Waals surface area contributed by atoms with E-state index in [4.69, 9.17) is 5.73 Å². The van der Waals surface area contributed by atoms with Crippen LogP contribution in [0, 0.1) is 6.92 Å². The Morgan fingerprint density at radius 1 is 1.25 bits per heavy atom. The highest BCUT2D eigenvalue weighted by molar-refractivity contribution is 7.92. The van der Waals surface area contributed by atoms with Crippen LogP contribution >= 0.6 is 0 Å². The molecule has 0 aliphatic carbocycles. The number of nitrogens with zero attached hydrogens (tertiary/aromatic N) is 2. The van der Waals surface area contributed by atoms with Crippen molar-refractivity contribution < 1.29 is 8.42 Å². The molecule has 0 fully saturated rings. The minimum atomic E-state index is -3.60. The molecule has 0 radical (unpaired) electrons. The van der Waals surface area contributed by atoms with Crippen LogP contribution in [0.2, 0.25) is 0 Å². The highest BCUT2D eigenvalue weighted by Gasteiger charge is 2.21. The zero-order valence-electron chi connectivity index (χ0n) is 11.4. The van der Waals surface area contributed by atoms with Gasteiger partial charge in [0.1, 0.15) is 4.90 Å². The first-order chi connectivity index (χ1) is 9.45. The van der Waals surface area contributed by atoms with Crippen molar-refractivity contribution in [2.75, 3.05) is 11.4 Å². The second-order valence-electron chi connectivity index (χ2n) is 4.50. The van der Waals surface area contributed by atoms with Gasteiger partial charge in [0.15, 0.2) is 0 Å². The number of aryl methyl sites for hydroxylation is 1. The molecule has 0 spiro atoms. The number of pyridine rings is 1. The summed E-state index contributed by atoms with van der Waals surface area (Å²) in [5.41, 5.74) is 7.73. The van der Waals surface area contributed by atoms with E-state index in [0.29, 0.717) is 11.4 Å². The van der Waals surface area contributed by atoms with E-state index in [1.807, 2.05) is 25.1 Å². The van der Waals surface area contributed by atoms with Gasteiger partial charge in [-0.1, -0.05) is 12.1 Å². The SMILES string of the molecule is Cc1cccc(N(C)S(=O)(=O)c2ccc(CN)nc2)c1. The van der Waals surface area contributed by atoms with Gasteiger partial charge in [0, 0.05) is 19.8 Å². The van der Waals surface area contributed by atoms with E-state index in [0.717, 1.165) is 5.56 Å². The molecule has 1 aromatic heterocycles. The summed E-state index contributed by atoms with van der Waals surface area (Å²) in [5.74, 6) is 0. The first-order valence-electron chi connectivity index (χ1n) is 6.16. The summed E-state index contributed by atoms with van der Waals surface area (Å²) in [4.78, 5) is 4.18. The first kappa shape index (κ1) is 14.5. The second kappa shape index (κ2) is 5.60. The summed E-state index contributed by atoms with van der Waals surface area (Å²) in [6.45, 7) is 2.20. The van der Waals surface area contributed by atoms with Crippen molar-refractivity contribution in [2.45, 2.75) is 18.4 Å². The first-order valence-corrected chi connectivity index (χ1v) is 7.60. The highest BCUT2D eigenvalue weighted by atomic mass is 32.2. The Morgan fingerprint density at radius 3 is 2.55 bits per heavy atom.